The van der Waals surface area contributed by atoms with Crippen molar-refractivity contribution in [3.63, 3.8) is 0 Å². The van der Waals surface area contributed by atoms with E-state index in [2.05, 4.69) is 13.8 Å². The van der Waals surface area contributed by atoms with Gasteiger partial charge in [0.05, 0.1) is 0 Å². The monoisotopic (exact) mass is 182 g/mol. The summed E-state index contributed by atoms with van der Waals surface area (Å²) in [7, 11) is 0. The van der Waals surface area contributed by atoms with E-state index in [-0.39, 0.29) is 0 Å². The van der Waals surface area contributed by atoms with Crippen LogP contribution in [-0.2, 0) is 0 Å². The molecule has 1 rings (SSSR count). The molecule has 0 radical (unpaired) electrons. The predicted molar refractivity (Wildman–Crippen MR) is 59.9 cm³/mol. The van der Waals surface area contributed by atoms with E-state index < -0.39 is 0 Å². The van der Waals surface area contributed by atoms with Gasteiger partial charge in [-0.1, -0.05) is 58.8 Å². The Balaban J connectivity index is 1.87. The lowest BCUT2D eigenvalue weighted by Gasteiger charge is -2.35. The average Bonchev–Trinajstić information content (AvgIpc) is 2.07. The second kappa shape index (κ2) is 6.45. The molecule has 0 amide bonds. The number of hydrogen-bond donors (Lipinski definition) is 0. The second-order valence-electron chi connectivity index (χ2n) is 4.84. The second-order valence-corrected chi connectivity index (χ2v) is 4.84. The molecule has 0 heteroatoms. The van der Waals surface area contributed by atoms with Crippen LogP contribution in [0.15, 0.2) is 0 Å². The van der Waals surface area contributed by atoms with Crippen molar-refractivity contribution in [3.8, 4) is 0 Å². The minimum Gasteiger partial charge on any atom is -0.0654 e. The Morgan fingerprint density at radius 1 is 0.769 bits per heavy atom. The largest absolute Gasteiger partial charge is 0.0654 e. The fourth-order valence-corrected chi connectivity index (χ4v) is 2.52. The maximum Gasteiger partial charge on any atom is -0.0409 e. The quantitative estimate of drug-likeness (QED) is 0.497. The van der Waals surface area contributed by atoms with Gasteiger partial charge in [-0.25, -0.2) is 0 Å². The lowest BCUT2D eigenvalue weighted by atomic mass is 9.70. The van der Waals surface area contributed by atoms with Crippen molar-refractivity contribution in [3.05, 3.63) is 0 Å². The third kappa shape index (κ3) is 4.15. The third-order valence-electron chi connectivity index (χ3n) is 3.52. The summed E-state index contributed by atoms with van der Waals surface area (Å²) in [5.41, 5.74) is 0. The zero-order valence-electron chi connectivity index (χ0n) is 9.52. The highest BCUT2D eigenvalue weighted by atomic mass is 14.3. The Bertz CT molecular complexity index is 111. The van der Waals surface area contributed by atoms with Crippen LogP contribution >= 0.6 is 0 Å². The number of hydrogen-bond acceptors (Lipinski definition) is 0. The third-order valence-corrected chi connectivity index (χ3v) is 3.52. The zero-order valence-corrected chi connectivity index (χ0v) is 9.52. The molecule has 1 fully saturated rings. The van der Waals surface area contributed by atoms with Crippen molar-refractivity contribution >= 4 is 0 Å². The van der Waals surface area contributed by atoms with Gasteiger partial charge in [0.1, 0.15) is 0 Å². The first kappa shape index (κ1) is 11.1. The van der Waals surface area contributed by atoms with E-state index in [1.54, 1.807) is 12.8 Å². The summed E-state index contributed by atoms with van der Waals surface area (Å²) in [6.07, 6.45) is 13.3. The fourth-order valence-electron chi connectivity index (χ4n) is 2.52. The van der Waals surface area contributed by atoms with Crippen molar-refractivity contribution in [2.75, 3.05) is 0 Å². The molecule has 1 aliphatic rings. The van der Waals surface area contributed by atoms with Crippen molar-refractivity contribution < 1.29 is 0 Å². The maximum atomic E-state index is 2.30. The van der Waals surface area contributed by atoms with Crippen LogP contribution in [0.5, 0.6) is 0 Å². The molecule has 0 N–H and O–H groups in total. The van der Waals surface area contributed by atoms with Gasteiger partial charge in [-0.05, 0) is 24.7 Å². The standard InChI is InChI=1S/C13H26/c1-3-5-7-9-13-10-12(11-13)8-6-4-2/h12-13H,3-11H2,1-2H3. The molecular weight excluding hydrogens is 156 g/mol. The van der Waals surface area contributed by atoms with Gasteiger partial charge in [-0.2, -0.15) is 0 Å². The molecule has 0 aromatic heterocycles. The first-order valence-corrected chi connectivity index (χ1v) is 6.36. The zero-order chi connectivity index (χ0) is 9.52. The van der Waals surface area contributed by atoms with Gasteiger partial charge in [0.2, 0.25) is 0 Å². The van der Waals surface area contributed by atoms with E-state index in [4.69, 9.17) is 0 Å². The SMILES string of the molecule is CCCCCC1CC(CCCC)C1. The molecule has 1 saturated carbocycles. The van der Waals surface area contributed by atoms with E-state index in [0.717, 1.165) is 11.8 Å². The first-order valence-electron chi connectivity index (χ1n) is 6.36. The van der Waals surface area contributed by atoms with Crippen molar-refractivity contribution in [1.29, 1.82) is 0 Å². The molecule has 0 atom stereocenters. The lowest BCUT2D eigenvalue weighted by molar-refractivity contribution is 0.165. The molecule has 0 spiro atoms. The van der Waals surface area contributed by atoms with Crippen LogP contribution in [0.25, 0.3) is 0 Å². The van der Waals surface area contributed by atoms with Crippen LogP contribution in [0.4, 0.5) is 0 Å². The van der Waals surface area contributed by atoms with E-state index >= 15 is 0 Å². The summed E-state index contributed by atoms with van der Waals surface area (Å²) < 4.78 is 0. The van der Waals surface area contributed by atoms with E-state index in [1.807, 2.05) is 0 Å². The molecule has 0 unspecified atom stereocenters. The highest BCUT2D eigenvalue weighted by Gasteiger charge is 2.27. The average molecular weight is 182 g/mol. The molecule has 0 aliphatic heterocycles. The van der Waals surface area contributed by atoms with Crippen LogP contribution in [-0.4, -0.2) is 0 Å². The van der Waals surface area contributed by atoms with Gasteiger partial charge >= 0.3 is 0 Å². The molecule has 0 nitrogen and oxygen atoms in total. The Labute approximate surface area is 84.1 Å². The fraction of sp³-hybridized carbons (Fsp3) is 1.00. The van der Waals surface area contributed by atoms with Gasteiger partial charge in [-0.3, -0.25) is 0 Å². The summed E-state index contributed by atoms with van der Waals surface area (Å²) in [5.74, 6) is 2.24. The Hall–Kier alpha value is 0. The Morgan fingerprint density at radius 3 is 1.85 bits per heavy atom. The van der Waals surface area contributed by atoms with Crippen LogP contribution in [0, 0.1) is 11.8 Å². The highest BCUT2D eigenvalue weighted by molar-refractivity contribution is 4.79. The van der Waals surface area contributed by atoms with Gasteiger partial charge in [0.15, 0.2) is 0 Å². The van der Waals surface area contributed by atoms with Crippen molar-refractivity contribution in [2.45, 2.75) is 71.6 Å². The Kier molecular flexibility index (Phi) is 5.50. The van der Waals surface area contributed by atoms with Crippen LogP contribution in [0.2, 0.25) is 0 Å². The minimum absolute atomic E-state index is 1.12. The Morgan fingerprint density at radius 2 is 1.31 bits per heavy atom. The molecular formula is C13H26. The molecule has 0 aromatic rings. The van der Waals surface area contributed by atoms with Crippen molar-refractivity contribution in [1.82, 2.24) is 0 Å². The molecule has 13 heavy (non-hydrogen) atoms. The topological polar surface area (TPSA) is 0 Å². The van der Waals surface area contributed by atoms with Crippen LogP contribution < -0.4 is 0 Å². The smallest absolute Gasteiger partial charge is 0.0409 e. The summed E-state index contributed by atoms with van der Waals surface area (Å²) in [4.78, 5) is 0. The van der Waals surface area contributed by atoms with Crippen molar-refractivity contribution in [2.24, 2.45) is 11.8 Å². The van der Waals surface area contributed by atoms with Gasteiger partial charge in [-0.15, -0.1) is 0 Å². The van der Waals surface area contributed by atoms with Gasteiger partial charge in [0.25, 0.3) is 0 Å². The molecule has 1 aliphatic carbocycles. The van der Waals surface area contributed by atoms with E-state index in [9.17, 15) is 0 Å². The lowest BCUT2D eigenvalue weighted by Crippen LogP contribution is -2.23. The summed E-state index contributed by atoms with van der Waals surface area (Å²) in [6, 6.07) is 0. The minimum atomic E-state index is 1.12. The van der Waals surface area contributed by atoms with E-state index in [1.165, 1.54) is 44.9 Å². The first-order chi connectivity index (χ1) is 6.36. The molecule has 0 saturated heterocycles. The van der Waals surface area contributed by atoms with E-state index in [0.29, 0.717) is 0 Å². The van der Waals surface area contributed by atoms with Gasteiger partial charge in [0, 0.05) is 0 Å². The van der Waals surface area contributed by atoms with Gasteiger partial charge < -0.3 is 0 Å². The molecule has 0 heterocycles. The number of rotatable bonds is 7. The maximum absolute atomic E-state index is 2.30. The molecule has 0 bridgehead atoms. The number of unbranched alkanes of at least 4 members (excludes halogenated alkanes) is 3. The molecule has 78 valence electrons. The summed E-state index contributed by atoms with van der Waals surface area (Å²) in [5, 5.41) is 0. The molecule has 0 aromatic carbocycles. The normalized spacial score (nSPS) is 27.2. The van der Waals surface area contributed by atoms with Crippen LogP contribution in [0.1, 0.15) is 71.6 Å². The predicted octanol–water partition coefficient (Wildman–Crippen LogP) is 4.78. The highest BCUT2D eigenvalue weighted by Crippen LogP contribution is 2.39. The summed E-state index contributed by atoms with van der Waals surface area (Å²) in [6.45, 7) is 4.60. The van der Waals surface area contributed by atoms with Crippen LogP contribution in [0.3, 0.4) is 0 Å². The summed E-state index contributed by atoms with van der Waals surface area (Å²) >= 11 is 0.